The first kappa shape index (κ1) is 21.8. The first-order valence-corrected chi connectivity index (χ1v) is 10.7. The number of anilines is 1. The van der Waals surface area contributed by atoms with Crippen LogP contribution >= 0.6 is 11.3 Å². The SMILES string of the molecule is COc1ccc(/C=C/C(=O)Nc2nc3c(s2)CN(C(=O)CC(C)C)CC3)c(OC)c1. The van der Waals surface area contributed by atoms with E-state index >= 15 is 0 Å². The number of fused-ring (bicyclic) bond motifs is 1. The van der Waals surface area contributed by atoms with E-state index in [9.17, 15) is 9.59 Å². The van der Waals surface area contributed by atoms with Gasteiger partial charge in [0.2, 0.25) is 11.8 Å². The fourth-order valence-corrected chi connectivity index (χ4v) is 4.24. The Morgan fingerprint density at radius 3 is 2.80 bits per heavy atom. The quantitative estimate of drug-likeness (QED) is 0.678. The predicted molar refractivity (Wildman–Crippen MR) is 118 cm³/mol. The summed E-state index contributed by atoms with van der Waals surface area (Å²) in [5, 5.41) is 3.37. The fraction of sp³-hybridized carbons (Fsp3) is 0.409. The molecule has 0 saturated carbocycles. The van der Waals surface area contributed by atoms with Gasteiger partial charge < -0.3 is 14.4 Å². The van der Waals surface area contributed by atoms with E-state index in [1.165, 1.54) is 17.4 Å². The molecular formula is C22H27N3O4S. The first-order chi connectivity index (χ1) is 14.4. The Labute approximate surface area is 180 Å². The number of carbonyl (C=O) groups is 2. The van der Waals surface area contributed by atoms with E-state index in [1.54, 1.807) is 32.4 Å². The third-order valence-corrected chi connectivity index (χ3v) is 5.75. The molecule has 1 aliphatic heterocycles. The molecule has 0 unspecified atom stereocenters. The van der Waals surface area contributed by atoms with Crippen LogP contribution in [0.4, 0.5) is 5.13 Å². The molecule has 2 amide bonds. The van der Waals surface area contributed by atoms with E-state index < -0.39 is 0 Å². The van der Waals surface area contributed by atoms with E-state index in [4.69, 9.17) is 9.47 Å². The van der Waals surface area contributed by atoms with E-state index in [0.717, 1.165) is 16.1 Å². The summed E-state index contributed by atoms with van der Waals surface area (Å²) in [7, 11) is 3.16. The Balaban J connectivity index is 1.63. The highest BCUT2D eigenvalue weighted by Gasteiger charge is 2.24. The van der Waals surface area contributed by atoms with Gasteiger partial charge in [0.15, 0.2) is 5.13 Å². The number of nitrogens with zero attached hydrogens (tertiary/aromatic N) is 2. The number of aromatic nitrogens is 1. The molecule has 1 aromatic heterocycles. The normalized spacial score (nSPS) is 13.4. The lowest BCUT2D eigenvalue weighted by Gasteiger charge is -2.26. The minimum atomic E-state index is -0.272. The maximum absolute atomic E-state index is 12.4. The second-order valence-electron chi connectivity index (χ2n) is 7.48. The number of nitrogens with one attached hydrogen (secondary N) is 1. The van der Waals surface area contributed by atoms with Gasteiger partial charge in [0.05, 0.1) is 26.5 Å². The summed E-state index contributed by atoms with van der Waals surface area (Å²) in [5.74, 6) is 1.54. The number of amides is 2. The zero-order chi connectivity index (χ0) is 21.7. The topological polar surface area (TPSA) is 80.8 Å². The van der Waals surface area contributed by atoms with Gasteiger partial charge in [-0.25, -0.2) is 4.98 Å². The van der Waals surface area contributed by atoms with Crippen LogP contribution in [0, 0.1) is 5.92 Å². The Hall–Kier alpha value is -2.87. The number of hydrogen-bond donors (Lipinski definition) is 1. The Bertz CT molecular complexity index is 952. The lowest BCUT2D eigenvalue weighted by atomic mass is 10.1. The van der Waals surface area contributed by atoms with Crippen LogP contribution in [0.1, 0.15) is 36.4 Å². The summed E-state index contributed by atoms with van der Waals surface area (Å²) in [6, 6.07) is 5.40. The number of hydrogen-bond acceptors (Lipinski definition) is 6. The molecule has 2 aromatic rings. The first-order valence-electron chi connectivity index (χ1n) is 9.87. The largest absolute Gasteiger partial charge is 0.497 e. The monoisotopic (exact) mass is 429 g/mol. The molecule has 160 valence electrons. The fourth-order valence-electron chi connectivity index (χ4n) is 3.21. The van der Waals surface area contributed by atoms with Crippen molar-refractivity contribution >= 4 is 34.4 Å². The van der Waals surface area contributed by atoms with Gasteiger partial charge in [-0.15, -0.1) is 0 Å². The molecule has 0 spiro atoms. The number of rotatable bonds is 7. The number of thiazole rings is 1. The molecule has 30 heavy (non-hydrogen) atoms. The molecular weight excluding hydrogens is 402 g/mol. The highest BCUT2D eigenvalue weighted by atomic mass is 32.1. The highest BCUT2D eigenvalue weighted by Crippen LogP contribution is 2.29. The number of ether oxygens (including phenoxy) is 2. The third-order valence-electron chi connectivity index (χ3n) is 4.75. The third kappa shape index (κ3) is 5.38. The zero-order valence-electron chi connectivity index (χ0n) is 17.7. The molecule has 3 rings (SSSR count). The van der Waals surface area contributed by atoms with Gasteiger partial charge in [0, 0.05) is 42.0 Å². The summed E-state index contributed by atoms with van der Waals surface area (Å²) in [6.45, 7) is 5.32. The Morgan fingerprint density at radius 1 is 1.30 bits per heavy atom. The molecule has 0 atom stereocenters. The summed E-state index contributed by atoms with van der Waals surface area (Å²) in [6.07, 6.45) is 4.40. The van der Waals surface area contributed by atoms with E-state index in [-0.39, 0.29) is 11.8 Å². The number of carbonyl (C=O) groups excluding carboxylic acids is 2. The van der Waals surface area contributed by atoms with Crippen molar-refractivity contribution in [1.29, 1.82) is 0 Å². The minimum Gasteiger partial charge on any atom is -0.497 e. The Kier molecular flexibility index (Phi) is 7.10. The van der Waals surface area contributed by atoms with Gasteiger partial charge in [0.25, 0.3) is 0 Å². The van der Waals surface area contributed by atoms with Crippen LogP contribution < -0.4 is 14.8 Å². The van der Waals surface area contributed by atoms with Crippen molar-refractivity contribution < 1.29 is 19.1 Å². The standard InChI is InChI=1S/C22H27N3O4S/c1-14(2)11-21(27)25-10-9-17-19(13-25)30-22(23-17)24-20(26)8-6-15-5-7-16(28-3)12-18(15)29-4/h5-8,12,14H,9-11,13H2,1-4H3,(H,23,24,26)/b8-6+. The molecule has 0 aliphatic carbocycles. The van der Waals surface area contributed by atoms with Crippen LogP contribution in [0.5, 0.6) is 11.5 Å². The van der Waals surface area contributed by atoms with Crippen molar-refractivity contribution in [3.8, 4) is 11.5 Å². The average Bonchev–Trinajstić information content (AvgIpc) is 3.12. The average molecular weight is 430 g/mol. The van der Waals surface area contributed by atoms with Crippen LogP contribution in [0.15, 0.2) is 24.3 Å². The van der Waals surface area contributed by atoms with Gasteiger partial charge in [-0.2, -0.15) is 0 Å². The number of methoxy groups -OCH3 is 2. The van der Waals surface area contributed by atoms with E-state index in [0.29, 0.717) is 48.5 Å². The van der Waals surface area contributed by atoms with Crippen LogP contribution in [0.3, 0.4) is 0 Å². The molecule has 0 saturated heterocycles. The molecule has 1 aromatic carbocycles. The van der Waals surface area contributed by atoms with Gasteiger partial charge in [-0.1, -0.05) is 25.2 Å². The van der Waals surface area contributed by atoms with Gasteiger partial charge in [-0.05, 0) is 24.1 Å². The Morgan fingerprint density at radius 2 is 2.10 bits per heavy atom. The zero-order valence-corrected chi connectivity index (χ0v) is 18.5. The summed E-state index contributed by atoms with van der Waals surface area (Å²) in [4.78, 5) is 32.1. The maximum atomic E-state index is 12.4. The van der Waals surface area contributed by atoms with Gasteiger partial charge in [-0.3, -0.25) is 14.9 Å². The van der Waals surface area contributed by atoms with Crippen LogP contribution in [0.25, 0.3) is 6.08 Å². The summed E-state index contributed by atoms with van der Waals surface area (Å²) in [5.41, 5.74) is 1.73. The molecule has 1 aliphatic rings. The van der Waals surface area contributed by atoms with Crippen molar-refractivity contribution in [2.75, 3.05) is 26.1 Å². The van der Waals surface area contributed by atoms with Crippen molar-refractivity contribution in [1.82, 2.24) is 9.88 Å². The second kappa shape index (κ2) is 9.75. The smallest absolute Gasteiger partial charge is 0.250 e. The van der Waals surface area contributed by atoms with E-state index in [1.807, 2.05) is 24.8 Å². The molecule has 8 heteroatoms. The summed E-state index contributed by atoms with van der Waals surface area (Å²) < 4.78 is 10.5. The van der Waals surface area contributed by atoms with Crippen molar-refractivity contribution in [2.45, 2.75) is 33.2 Å². The lowest BCUT2D eigenvalue weighted by molar-refractivity contribution is -0.132. The van der Waals surface area contributed by atoms with Gasteiger partial charge in [0.1, 0.15) is 11.5 Å². The maximum Gasteiger partial charge on any atom is 0.250 e. The molecule has 0 fully saturated rings. The van der Waals surface area contributed by atoms with Crippen molar-refractivity contribution in [3.63, 3.8) is 0 Å². The molecule has 0 radical (unpaired) electrons. The second-order valence-corrected chi connectivity index (χ2v) is 8.57. The predicted octanol–water partition coefficient (Wildman–Crippen LogP) is 3.74. The van der Waals surface area contributed by atoms with Crippen LogP contribution in [0.2, 0.25) is 0 Å². The lowest BCUT2D eigenvalue weighted by Crippen LogP contribution is -2.36. The van der Waals surface area contributed by atoms with Crippen LogP contribution in [-0.2, 0) is 22.6 Å². The summed E-state index contributed by atoms with van der Waals surface area (Å²) >= 11 is 1.43. The molecule has 2 heterocycles. The molecule has 7 nitrogen and oxygen atoms in total. The highest BCUT2D eigenvalue weighted by molar-refractivity contribution is 7.15. The molecule has 1 N–H and O–H groups in total. The van der Waals surface area contributed by atoms with E-state index in [2.05, 4.69) is 10.3 Å². The molecule has 0 bridgehead atoms. The van der Waals surface area contributed by atoms with Crippen molar-refractivity contribution in [3.05, 3.63) is 40.4 Å². The number of benzene rings is 1. The van der Waals surface area contributed by atoms with Crippen LogP contribution in [-0.4, -0.2) is 42.5 Å². The minimum absolute atomic E-state index is 0.172. The van der Waals surface area contributed by atoms with Crippen molar-refractivity contribution in [2.24, 2.45) is 5.92 Å². The van der Waals surface area contributed by atoms with Gasteiger partial charge >= 0.3 is 0 Å².